The van der Waals surface area contributed by atoms with Crippen LogP contribution in [-0.4, -0.2) is 24.9 Å². The first-order valence-corrected chi connectivity index (χ1v) is 10.3. The summed E-state index contributed by atoms with van der Waals surface area (Å²) < 4.78 is 2.38. The Kier molecular flexibility index (Phi) is 3.44. The molecule has 6 rings (SSSR count). The van der Waals surface area contributed by atoms with Crippen molar-refractivity contribution in [1.29, 1.82) is 0 Å². The van der Waals surface area contributed by atoms with Gasteiger partial charge in [-0.05, 0) is 35.7 Å². The fourth-order valence-corrected chi connectivity index (χ4v) is 5.04. The van der Waals surface area contributed by atoms with E-state index in [1.54, 1.807) is 41.3 Å². The van der Waals surface area contributed by atoms with E-state index in [1.807, 2.05) is 24.5 Å². The predicted molar refractivity (Wildman–Crippen MR) is 115 cm³/mol. The van der Waals surface area contributed by atoms with Crippen molar-refractivity contribution < 1.29 is 0 Å². The minimum atomic E-state index is 0.780. The number of hydrogen-bond acceptors (Lipinski definition) is 7. The molecule has 0 atom stereocenters. The second-order valence-electron chi connectivity index (χ2n) is 6.36. The van der Waals surface area contributed by atoms with Crippen molar-refractivity contribution in [3.63, 3.8) is 0 Å². The van der Waals surface area contributed by atoms with Crippen LogP contribution < -0.4 is 0 Å². The fourth-order valence-electron chi connectivity index (χ4n) is 3.20. The van der Waals surface area contributed by atoms with E-state index >= 15 is 0 Å². The highest BCUT2D eigenvalue weighted by Gasteiger charge is 2.10. The molecule has 28 heavy (non-hydrogen) atoms. The van der Waals surface area contributed by atoms with Crippen LogP contribution in [0.2, 0.25) is 0 Å². The molecule has 0 fully saturated rings. The summed E-state index contributed by atoms with van der Waals surface area (Å²) in [6.45, 7) is 0. The van der Waals surface area contributed by atoms with E-state index in [0.717, 1.165) is 38.9 Å². The standard InChI is InChI=1S/C21H11N5S2/c1-4-27-21-6-13(9-24-14(1)21)19-5-12-10-25-17(8-20(12)28-19)15-7-16-18(11-26-15)23-3-2-22-16/h1-11H. The van der Waals surface area contributed by atoms with E-state index in [9.17, 15) is 0 Å². The highest BCUT2D eigenvalue weighted by atomic mass is 32.1. The third-order valence-corrected chi connectivity index (χ3v) is 6.61. The summed E-state index contributed by atoms with van der Waals surface area (Å²) in [4.78, 5) is 23.5. The second-order valence-corrected chi connectivity index (χ2v) is 8.39. The van der Waals surface area contributed by atoms with Gasteiger partial charge in [0.25, 0.3) is 0 Å². The zero-order valence-corrected chi connectivity index (χ0v) is 16.0. The van der Waals surface area contributed by atoms with E-state index in [2.05, 4.69) is 48.5 Å². The third-order valence-electron chi connectivity index (χ3n) is 4.61. The molecular weight excluding hydrogens is 386 g/mol. The maximum atomic E-state index is 4.62. The Labute approximate surface area is 167 Å². The Morgan fingerprint density at radius 2 is 1.50 bits per heavy atom. The number of nitrogens with zero attached hydrogens (tertiary/aromatic N) is 5. The van der Waals surface area contributed by atoms with Gasteiger partial charge in [-0.2, -0.15) is 0 Å². The Hall–Kier alpha value is -3.29. The summed E-state index contributed by atoms with van der Waals surface area (Å²) in [7, 11) is 0. The smallest absolute Gasteiger partial charge is 0.107 e. The number of aromatic nitrogens is 5. The summed E-state index contributed by atoms with van der Waals surface area (Å²) in [5.41, 5.74) is 5.41. The number of thiophene rings is 2. The molecule has 0 aliphatic carbocycles. The van der Waals surface area contributed by atoms with Crippen molar-refractivity contribution in [3.8, 4) is 21.8 Å². The van der Waals surface area contributed by atoms with Gasteiger partial charge in [-0.1, -0.05) is 0 Å². The second kappa shape index (κ2) is 6.12. The molecule has 0 N–H and O–H groups in total. The summed E-state index contributed by atoms with van der Waals surface area (Å²) in [6.07, 6.45) is 8.95. The van der Waals surface area contributed by atoms with Gasteiger partial charge < -0.3 is 0 Å². The Balaban J connectivity index is 1.45. The van der Waals surface area contributed by atoms with Gasteiger partial charge in [0.2, 0.25) is 0 Å². The van der Waals surface area contributed by atoms with Crippen LogP contribution in [0.3, 0.4) is 0 Å². The van der Waals surface area contributed by atoms with Gasteiger partial charge in [-0.15, -0.1) is 22.7 Å². The minimum absolute atomic E-state index is 0.780. The molecule has 6 aromatic heterocycles. The average Bonchev–Trinajstić information content (AvgIpc) is 3.39. The van der Waals surface area contributed by atoms with Gasteiger partial charge in [0.15, 0.2) is 0 Å². The van der Waals surface area contributed by atoms with E-state index in [0.29, 0.717) is 0 Å². The highest BCUT2D eigenvalue weighted by Crippen LogP contribution is 2.36. The molecule has 0 radical (unpaired) electrons. The summed E-state index contributed by atoms with van der Waals surface area (Å²) >= 11 is 3.46. The number of hydrogen-bond donors (Lipinski definition) is 0. The molecule has 0 bridgehead atoms. The summed E-state index contributed by atoms with van der Waals surface area (Å²) in [5.74, 6) is 0. The van der Waals surface area contributed by atoms with Crippen molar-refractivity contribution in [3.05, 3.63) is 66.7 Å². The van der Waals surface area contributed by atoms with Crippen molar-refractivity contribution in [1.82, 2.24) is 24.9 Å². The zero-order valence-electron chi connectivity index (χ0n) is 14.4. The third kappa shape index (κ3) is 2.56. The maximum Gasteiger partial charge on any atom is 0.107 e. The first-order chi connectivity index (χ1) is 13.8. The monoisotopic (exact) mass is 397 g/mol. The van der Waals surface area contributed by atoms with Gasteiger partial charge in [-0.25, -0.2) is 0 Å². The van der Waals surface area contributed by atoms with E-state index < -0.39 is 0 Å². The van der Waals surface area contributed by atoms with Crippen molar-refractivity contribution in [2.75, 3.05) is 0 Å². The molecule has 0 aliphatic rings. The number of pyridine rings is 3. The number of rotatable bonds is 2. The Morgan fingerprint density at radius 1 is 0.643 bits per heavy atom. The van der Waals surface area contributed by atoms with Crippen LogP contribution in [0.25, 0.3) is 53.2 Å². The molecule has 0 saturated carbocycles. The zero-order chi connectivity index (χ0) is 18.5. The van der Waals surface area contributed by atoms with E-state index in [1.165, 1.54) is 14.3 Å². The minimum Gasteiger partial charge on any atom is -0.255 e. The molecule has 0 saturated heterocycles. The molecule has 0 aromatic carbocycles. The summed E-state index contributed by atoms with van der Waals surface area (Å²) in [6, 6.07) is 10.4. The van der Waals surface area contributed by atoms with Gasteiger partial charge in [-0.3, -0.25) is 24.9 Å². The Bertz CT molecular complexity index is 1480. The van der Waals surface area contributed by atoms with Gasteiger partial charge >= 0.3 is 0 Å². The molecule has 0 amide bonds. The van der Waals surface area contributed by atoms with Crippen LogP contribution in [-0.2, 0) is 0 Å². The van der Waals surface area contributed by atoms with Gasteiger partial charge in [0.05, 0.1) is 33.3 Å². The van der Waals surface area contributed by atoms with Crippen LogP contribution in [0.15, 0.2) is 66.7 Å². The van der Waals surface area contributed by atoms with E-state index in [4.69, 9.17) is 0 Å². The predicted octanol–water partition coefficient (Wildman–Crippen LogP) is 5.58. The molecule has 0 spiro atoms. The topological polar surface area (TPSA) is 64.5 Å². The lowest BCUT2D eigenvalue weighted by atomic mass is 10.2. The molecule has 0 aliphatic heterocycles. The van der Waals surface area contributed by atoms with Crippen LogP contribution in [0.5, 0.6) is 0 Å². The van der Waals surface area contributed by atoms with Crippen molar-refractivity contribution in [2.24, 2.45) is 0 Å². The van der Waals surface area contributed by atoms with Crippen LogP contribution >= 0.6 is 22.7 Å². The molecule has 5 nitrogen and oxygen atoms in total. The molecular formula is C21H11N5S2. The van der Waals surface area contributed by atoms with E-state index in [-0.39, 0.29) is 0 Å². The largest absolute Gasteiger partial charge is 0.255 e. The summed E-state index contributed by atoms with van der Waals surface area (Å²) in [5, 5.41) is 3.19. The first kappa shape index (κ1) is 15.7. The molecule has 0 unspecified atom stereocenters. The molecule has 6 aromatic rings. The normalized spacial score (nSPS) is 11.6. The van der Waals surface area contributed by atoms with Gasteiger partial charge in [0, 0.05) is 45.3 Å². The molecule has 6 heterocycles. The van der Waals surface area contributed by atoms with Crippen molar-refractivity contribution in [2.45, 2.75) is 0 Å². The Morgan fingerprint density at radius 3 is 2.46 bits per heavy atom. The van der Waals surface area contributed by atoms with Crippen LogP contribution in [0, 0.1) is 0 Å². The lowest BCUT2D eigenvalue weighted by molar-refractivity contribution is 1.23. The lowest BCUT2D eigenvalue weighted by Gasteiger charge is -2.01. The first-order valence-electron chi connectivity index (χ1n) is 8.64. The lowest BCUT2D eigenvalue weighted by Crippen LogP contribution is -1.89. The quantitative estimate of drug-likeness (QED) is 0.382. The fraction of sp³-hybridized carbons (Fsp3) is 0. The molecule has 132 valence electrons. The van der Waals surface area contributed by atoms with Crippen molar-refractivity contribution >= 4 is 54.0 Å². The SMILES string of the molecule is c1cnc2cc(-c3cc4sc(-c5cnc6ccsc6c5)cc4cn3)ncc2n1. The van der Waals surface area contributed by atoms with Crippen LogP contribution in [0.1, 0.15) is 0 Å². The van der Waals surface area contributed by atoms with Crippen LogP contribution in [0.4, 0.5) is 0 Å². The highest BCUT2D eigenvalue weighted by molar-refractivity contribution is 7.22. The van der Waals surface area contributed by atoms with Gasteiger partial charge in [0.1, 0.15) is 5.52 Å². The maximum absolute atomic E-state index is 4.62. The number of fused-ring (bicyclic) bond motifs is 3. The average molecular weight is 397 g/mol. The molecule has 7 heteroatoms.